The second-order valence-corrected chi connectivity index (χ2v) is 7.44. The van der Waals surface area contributed by atoms with Gasteiger partial charge in [-0.1, -0.05) is 80.9 Å². The molecule has 2 nitrogen and oxygen atoms in total. The van der Waals surface area contributed by atoms with E-state index in [2.05, 4.69) is 81.6 Å². The van der Waals surface area contributed by atoms with E-state index in [0.717, 1.165) is 19.3 Å². The van der Waals surface area contributed by atoms with Gasteiger partial charge in [0, 0.05) is 23.5 Å². The maximum absolute atomic E-state index is 11.5. The summed E-state index contributed by atoms with van der Waals surface area (Å²) in [5.74, 6) is 0.236. The summed E-state index contributed by atoms with van der Waals surface area (Å²) in [4.78, 5) is 1.49. The fraction of sp³-hybridized carbons (Fsp3) is 0.455. The number of rotatable bonds is 4. The Kier molecular flexibility index (Phi) is 5.07. The van der Waals surface area contributed by atoms with E-state index in [1.165, 1.54) is 16.0 Å². The van der Waals surface area contributed by atoms with E-state index < -0.39 is 5.60 Å². The molecule has 2 heteroatoms. The monoisotopic (exact) mass is 324 g/mol. The topological polar surface area (TPSA) is 24.7 Å². The molecule has 1 aliphatic heterocycles. The molecule has 1 unspecified atom stereocenters. The normalized spacial score (nSPS) is 33.3. The molecule has 0 aromatic heterocycles. The Morgan fingerprint density at radius 1 is 1.00 bits per heavy atom. The molecule has 1 fully saturated rings. The first-order valence-electron chi connectivity index (χ1n) is 9.22. The van der Waals surface area contributed by atoms with Gasteiger partial charge >= 0.3 is 0 Å². The summed E-state index contributed by atoms with van der Waals surface area (Å²) >= 11 is 0. The van der Waals surface area contributed by atoms with Gasteiger partial charge in [0.05, 0.1) is 12.6 Å². The summed E-state index contributed by atoms with van der Waals surface area (Å²) < 4.78 is 0. The van der Waals surface area contributed by atoms with Gasteiger partial charge in [-0.25, -0.2) is 0 Å². The van der Waals surface area contributed by atoms with Crippen LogP contribution in [-0.2, 0) is 0 Å². The van der Waals surface area contributed by atoms with Crippen LogP contribution in [0.25, 0.3) is 0 Å². The molecule has 1 saturated heterocycles. The highest BCUT2D eigenvalue weighted by molar-refractivity contribution is 5.23. The van der Waals surface area contributed by atoms with Crippen LogP contribution >= 0.6 is 0 Å². The maximum Gasteiger partial charge on any atom is 0.119 e. The Labute approximate surface area is 146 Å². The number of hydrogen-bond acceptors (Lipinski definition) is 1. The zero-order valence-corrected chi connectivity index (χ0v) is 15.1. The largest absolute Gasteiger partial charge is 0.389 e. The first-order chi connectivity index (χ1) is 11.6. The molecule has 3 rings (SSSR count). The lowest BCUT2D eigenvalue weighted by molar-refractivity contribution is -0.957. The predicted molar refractivity (Wildman–Crippen MR) is 98.9 cm³/mol. The number of benzene rings is 2. The van der Waals surface area contributed by atoms with Gasteiger partial charge in [0.2, 0.25) is 0 Å². The molecule has 0 bridgehead atoms. The molecule has 0 amide bonds. The highest BCUT2D eigenvalue weighted by atomic mass is 16.3. The molecule has 0 radical (unpaired) electrons. The first-order valence-corrected chi connectivity index (χ1v) is 9.22. The molecular formula is C22H30NO+. The van der Waals surface area contributed by atoms with Crippen LogP contribution in [0, 0.1) is 5.92 Å². The molecular weight excluding hydrogens is 294 g/mol. The van der Waals surface area contributed by atoms with Crippen LogP contribution in [0.1, 0.15) is 56.3 Å². The Morgan fingerprint density at radius 3 is 2.08 bits per heavy atom. The van der Waals surface area contributed by atoms with Gasteiger partial charge in [0.1, 0.15) is 12.1 Å². The molecule has 2 aromatic rings. The maximum atomic E-state index is 11.5. The lowest BCUT2D eigenvalue weighted by Crippen LogP contribution is -3.12. The molecule has 1 heterocycles. The highest BCUT2D eigenvalue weighted by Gasteiger charge is 2.51. The SMILES string of the molecule is CCC[C@]1(O)C[C@H](c2ccccc2)[NH+](C)[C@H](c2ccccc2)[C@@H]1C. The fourth-order valence-electron chi connectivity index (χ4n) is 4.66. The van der Waals surface area contributed by atoms with Crippen LogP contribution in [0.15, 0.2) is 60.7 Å². The first kappa shape index (κ1) is 17.2. The Bertz CT molecular complexity index is 642. The van der Waals surface area contributed by atoms with E-state index in [-0.39, 0.29) is 5.92 Å². The third-order valence-corrected chi connectivity index (χ3v) is 5.99. The second-order valence-electron chi connectivity index (χ2n) is 7.44. The molecule has 24 heavy (non-hydrogen) atoms. The van der Waals surface area contributed by atoms with Crippen LogP contribution in [0.4, 0.5) is 0 Å². The summed E-state index contributed by atoms with van der Waals surface area (Å²) in [5.41, 5.74) is 2.06. The van der Waals surface area contributed by atoms with Crippen molar-refractivity contribution in [2.75, 3.05) is 7.05 Å². The quantitative estimate of drug-likeness (QED) is 0.883. The minimum atomic E-state index is -0.602. The smallest absolute Gasteiger partial charge is 0.119 e. The molecule has 1 aliphatic rings. The van der Waals surface area contributed by atoms with E-state index in [1.54, 1.807) is 0 Å². The summed E-state index contributed by atoms with van der Waals surface area (Å²) in [6.07, 6.45) is 2.72. The van der Waals surface area contributed by atoms with Crippen LogP contribution in [-0.4, -0.2) is 17.8 Å². The number of piperidine rings is 1. The van der Waals surface area contributed by atoms with Crippen molar-refractivity contribution in [1.82, 2.24) is 0 Å². The van der Waals surface area contributed by atoms with E-state index in [0.29, 0.717) is 12.1 Å². The number of quaternary nitrogens is 1. The van der Waals surface area contributed by atoms with E-state index in [1.807, 2.05) is 0 Å². The van der Waals surface area contributed by atoms with Gasteiger partial charge in [-0.05, 0) is 6.42 Å². The minimum Gasteiger partial charge on any atom is -0.389 e. The lowest BCUT2D eigenvalue weighted by Gasteiger charge is -2.49. The van der Waals surface area contributed by atoms with Crippen molar-refractivity contribution in [3.8, 4) is 0 Å². The summed E-state index contributed by atoms with van der Waals surface area (Å²) in [5, 5.41) is 11.5. The van der Waals surface area contributed by atoms with Gasteiger partial charge in [-0.15, -0.1) is 0 Å². The average Bonchev–Trinajstić information content (AvgIpc) is 2.61. The molecule has 0 aliphatic carbocycles. The van der Waals surface area contributed by atoms with Crippen molar-refractivity contribution in [1.29, 1.82) is 0 Å². The zero-order chi connectivity index (χ0) is 17.2. The lowest BCUT2D eigenvalue weighted by atomic mass is 9.69. The Hall–Kier alpha value is -1.64. The van der Waals surface area contributed by atoms with Crippen molar-refractivity contribution in [3.63, 3.8) is 0 Å². The molecule has 5 atom stereocenters. The molecule has 0 spiro atoms. The van der Waals surface area contributed by atoms with E-state index in [4.69, 9.17) is 0 Å². The van der Waals surface area contributed by atoms with Crippen molar-refractivity contribution in [2.45, 2.75) is 50.8 Å². The van der Waals surface area contributed by atoms with Gasteiger partial charge in [0.25, 0.3) is 0 Å². The van der Waals surface area contributed by atoms with Crippen LogP contribution in [0.5, 0.6) is 0 Å². The van der Waals surface area contributed by atoms with Crippen LogP contribution < -0.4 is 4.90 Å². The van der Waals surface area contributed by atoms with Crippen molar-refractivity contribution in [3.05, 3.63) is 71.8 Å². The predicted octanol–water partition coefficient (Wildman–Crippen LogP) is 3.55. The van der Waals surface area contributed by atoms with Crippen molar-refractivity contribution < 1.29 is 10.0 Å². The Balaban J connectivity index is 2.03. The van der Waals surface area contributed by atoms with E-state index >= 15 is 0 Å². The third kappa shape index (κ3) is 3.13. The van der Waals surface area contributed by atoms with E-state index in [9.17, 15) is 5.11 Å². The molecule has 2 N–H and O–H groups in total. The molecule has 2 aromatic carbocycles. The van der Waals surface area contributed by atoms with Gasteiger partial charge in [0.15, 0.2) is 0 Å². The van der Waals surface area contributed by atoms with Crippen molar-refractivity contribution in [2.24, 2.45) is 5.92 Å². The van der Waals surface area contributed by atoms with Crippen LogP contribution in [0.3, 0.4) is 0 Å². The number of hydrogen-bond donors (Lipinski definition) is 2. The standard InChI is InChI=1S/C22H29NO/c1-4-15-22(24)16-20(18-11-7-5-8-12-18)23(3)21(17(22)2)19-13-9-6-10-14-19/h5-14,17,20-21,24H,4,15-16H2,1-3H3/p+1/t17-,20+,21-,22-/m0/s1. The van der Waals surface area contributed by atoms with Gasteiger partial charge < -0.3 is 10.0 Å². The highest BCUT2D eigenvalue weighted by Crippen LogP contribution is 2.42. The Morgan fingerprint density at radius 2 is 1.54 bits per heavy atom. The van der Waals surface area contributed by atoms with Gasteiger partial charge in [-0.3, -0.25) is 0 Å². The van der Waals surface area contributed by atoms with Crippen molar-refractivity contribution >= 4 is 0 Å². The second kappa shape index (κ2) is 7.08. The number of nitrogens with one attached hydrogen (secondary N) is 1. The number of likely N-dealkylation sites (tertiary alicyclic amines) is 1. The summed E-state index contributed by atoms with van der Waals surface area (Å²) in [7, 11) is 2.29. The number of aliphatic hydroxyl groups is 1. The fourth-order valence-corrected chi connectivity index (χ4v) is 4.66. The summed E-state index contributed by atoms with van der Waals surface area (Å²) in [6, 6.07) is 22.0. The molecule has 0 saturated carbocycles. The zero-order valence-electron chi connectivity index (χ0n) is 15.1. The van der Waals surface area contributed by atoms with Crippen LogP contribution in [0.2, 0.25) is 0 Å². The molecule has 128 valence electrons. The summed E-state index contributed by atoms with van der Waals surface area (Å²) in [6.45, 7) is 4.41. The third-order valence-electron chi connectivity index (χ3n) is 5.99. The average molecular weight is 324 g/mol. The van der Waals surface area contributed by atoms with Gasteiger partial charge in [-0.2, -0.15) is 0 Å². The minimum absolute atomic E-state index is 0.236.